The number of rotatable bonds is 0. The Kier molecular flexibility index (Phi) is 1.06. The van der Waals surface area contributed by atoms with Gasteiger partial charge >= 0.3 is 0 Å². The highest BCUT2D eigenvalue weighted by molar-refractivity contribution is 6.03. The van der Waals surface area contributed by atoms with Crippen LogP contribution >= 0.6 is 0 Å². The molecule has 3 N–H and O–H groups in total. The smallest absolute Gasteiger partial charge is 0.0177 e. The molecule has 0 radical (unpaired) electrons. The molecule has 0 aliphatic heterocycles. The molecular weight excluding hydrogens is 134 g/mol. The van der Waals surface area contributed by atoms with Gasteiger partial charge in [-0.2, -0.15) is 0 Å². The van der Waals surface area contributed by atoms with Crippen molar-refractivity contribution in [2.75, 3.05) is 0 Å². The van der Waals surface area contributed by atoms with E-state index in [1.807, 2.05) is 0 Å². The van der Waals surface area contributed by atoms with Gasteiger partial charge in [0, 0.05) is 0 Å². The minimum Gasteiger partial charge on any atom is -0.344 e. The molecule has 0 aliphatic carbocycles. The lowest BCUT2D eigenvalue weighted by Crippen LogP contribution is -1.79. The third kappa shape index (κ3) is 0.632. The van der Waals surface area contributed by atoms with Gasteiger partial charge in [-0.1, -0.05) is 24.3 Å². The second kappa shape index (κ2) is 1.83. The first-order chi connectivity index (χ1) is 4.93. The highest BCUT2D eigenvalue weighted by Gasteiger charge is 2.00. The Hall–Kier alpha value is -1.34. The first kappa shape index (κ1) is 6.38. The zero-order chi connectivity index (χ0) is 6.55. The van der Waals surface area contributed by atoms with Gasteiger partial charge in [0.05, 0.1) is 0 Å². The van der Waals surface area contributed by atoms with Crippen LogP contribution in [0.2, 0.25) is 0 Å². The van der Waals surface area contributed by atoms with E-state index in [-0.39, 0.29) is 6.15 Å². The molecule has 1 nitrogen and oxygen atoms in total. The van der Waals surface area contributed by atoms with Crippen molar-refractivity contribution in [2.24, 2.45) is 0 Å². The summed E-state index contributed by atoms with van der Waals surface area (Å²) < 4.78 is 0. The first-order valence-corrected chi connectivity index (χ1v) is 3.48. The van der Waals surface area contributed by atoms with Crippen LogP contribution in [0.5, 0.6) is 0 Å². The van der Waals surface area contributed by atoms with Crippen molar-refractivity contribution < 1.29 is 0 Å². The normalized spacial score (nSPS) is 10.9. The van der Waals surface area contributed by atoms with E-state index in [9.17, 15) is 0 Å². The van der Waals surface area contributed by atoms with E-state index in [1.54, 1.807) is 0 Å². The van der Waals surface area contributed by atoms with E-state index in [4.69, 9.17) is 0 Å². The van der Waals surface area contributed by atoms with Crippen molar-refractivity contribution in [3.8, 4) is 0 Å². The Bertz CT molecular complexity index is 374. The summed E-state index contributed by atoms with van der Waals surface area (Å²) in [5.41, 5.74) is 0. The number of hydrogen-bond acceptors (Lipinski definition) is 1. The van der Waals surface area contributed by atoms with Gasteiger partial charge in [-0.15, -0.1) is 0 Å². The molecule has 0 saturated carbocycles. The van der Waals surface area contributed by atoms with Crippen molar-refractivity contribution in [3.63, 3.8) is 0 Å². The van der Waals surface area contributed by atoms with Crippen LogP contribution < -0.4 is 6.15 Å². The zero-order valence-electron chi connectivity index (χ0n) is 6.17. The molecule has 4 bridgehead atoms. The van der Waals surface area contributed by atoms with E-state index in [1.165, 1.54) is 21.5 Å². The molecule has 5 aromatic rings. The second-order valence-electron chi connectivity index (χ2n) is 2.78. The monoisotopic (exact) mass is 143 g/mol. The highest BCUT2D eigenvalue weighted by Crippen LogP contribution is 2.27. The summed E-state index contributed by atoms with van der Waals surface area (Å²) in [5.74, 6) is 0. The topological polar surface area (TPSA) is 35.0 Å². The van der Waals surface area contributed by atoms with Crippen LogP contribution in [0.15, 0.2) is 36.4 Å². The average Bonchev–Trinajstić information content (AvgIpc) is 2.05. The van der Waals surface area contributed by atoms with E-state index >= 15 is 0 Å². The fourth-order valence-corrected chi connectivity index (χ4v) is 1.60. The Morgan fingerprint density at radius 3 is 1.00 bits per heavy atom. The maximum atomic E-state index is 2.24. The van der Waals surface area contributed by atoms with Gasteiger partial charge in [-0.25, -0.2) is 0 Å². The third-order valence-electron chi connectivity index (χ3n) is 2.17. The zero-order valence-corrected chi connectivity index (χ0v) is 6.17. The standard InChI is InChI=1S/C10H6.H3N/c1-2-8-6-9-3-4-10(8)5-7(1)9;/h1-6H;1H3. The predicted molar refractivity (Wildman–Crippen MR) is 48.8 cm³/mol. The van der Waals surface area contributed by atoms with Crippen LogP contribution in [-0.4, -0.2) is 0 Å². The molecule has 0 aliphatic rings. The molecule has 0 atom stereocenters. The van der Waals surface area contributed by atoms with E-state index in [2.05, 4.69) is 36.4 Å². The predicted octanol–water partition coefficient (Wildman–Crippen LogP) is 3.03. The van der Waals surface area contributed by atoms with Crippen molar-refractivity contribution in [1.82, 2.24) is 6.15 Å². The number of fused-ring (bicyclic) bond motifs is 2. The van der Waals surface area contributed by atoms with Gasteiger partial charge in [0.1, 0.15) is 0 Å². The molecule has 54 valence electrons. The molecule has 0 aromatic heterocycles. The summed E-state index contributed by atoms with van der Waals surface area (Å²) in [7, 11) is 0. The number of hydrogen-bond donors (Lipinski definition) is 1. The molecule has 0 fully saturated rings. The van der Waals surface area contributed by atoms with Crippen molar-refractivity contribution in [2.45, 2.75) is 0 Å². The molecular formula is C10H9N. The third-order valence-corrected chi connectivity index (χ3v) is 2.17. The summed E-state index contributed by atoms with van der Waals surface area (Å²) in [5, 5.41) is 5.47. The molecule has 0 amide bonds. The van der Waals surface area contributed by atoms with Gasteiger partial charge in [0.2, 0.25) is 0 Å². The van der Waals surface area contributed by atoms with Gasteiger partial charge in [0.15, 0.2) is 0 Å². The lowest BCUT2D eigenvalue weighted by atomic mass is 9.99. The van der Waals surface area contributed by atoms with Crippen LogP contribution in [0, 0.1) is 0 Å². The van der Waals surface area contributed by atoms with Gasteiger partial charge in [-0.05, 0) is 33.7 Å². The Balaban J connectivity index is 0.000000480. The molecule has 0 spiro atoms. The van der Waals surface area contributed by atoms with Gasteiger partial charge in [-0.3, -0.25) is 0 Å². The highest BCUT2D eigenvalue weighted by atomic mass is 14.0. The van der Waals surface area contributed by atoms with Crippen LogP contribution in [0.3, 0.4) is 0 Å². The summed E-state index contributed by atoms with van der Waals surface area (Å²) in [6.45, 7) is 0. The minimum atomic E-state index is 0. The van der Waals surface area contributed by atoms with Crippen LogP contribution in [0.25, 0.3) is 21.5 Å². The SMILES string of the molecule is N.c1cc2cc3ccc2cc13. The van der Waals surface area contributed by atoms with Crippen LogP contribution in [0.4, 0.5) is 0 Å². The lowest BCUT2D eigenvalue weighted by Gasteiger charge is -2.06. The molecule has 5 aromatic carbocycles. The Morgan fingerprint density at radius 2 is 0.818 bits per heavy atom. The fourth-order valence-electron chi connectivity index (χ4n) is 1.60. The van der Waals surface area contributed by atoms with Crippen molar-refractivity contribution >= 4 is 21.5 Å². The molecule has 0 saturated heterocycles. The molecule has 11 heavy (non-hydrogen) atoms. The first-order valence-electron chi connectivity index (χ1n) is 3.48. The quantitative estimate of drug-likeness (QED) is 0.515. The summed E-state index contributed by atoms with van der Waals surface area (Å²) in [6, 6.07) is 13.2. The van der Waals surface area contributed by atoms with Crippen molar-refractivity contribution in [3.05, 3.63) is 36.4 Å². The summed E-state index contributed by atoms with van der Waals surface area (Å²) in [4.78, 5) is 0. The molecule has 0 heterocycles. The fraction of sp³-hybridized carbons (Fsp3) is 0. The Labute approximate surface area is 64.9 Å². The van der Waals surface area contributed by atoms with E-state index in [0.717, 1.165) is 0 Å². The maximum absolute atomic E-state index is 2.24. The largest absolute Gasteiger partial charge is 0.344 e. The molecule has 5 rings (SSSR count). The second-order valence-corrected chi connectivity index (χ2v) is 2.78. The minimum absolute atomic E-state index is 0. The van der Waals surface area contributed by atoms with E-state index in [0.29, 0.717) is 0 Å². The lowest BCUT2D eigenvalue weighted by molar-refractivity contribution is 1.79. The van der Waals surface area contributed by atoms with Crippen LogP contribution in [0.1, 0.15) is 0 Å². The summed E-state index contributed by atoms with van der Waals surface area (Å²) >= 11 is 0. The van der Waals surface area contributed by atoms with E-state index < -0.39 is 0 Å². The van der Waals surface area contributed by atoms with Gasteiger partial charge in [0.25, 0.3) is 0 Å². The van der Waals surface area contributed by atoms with Gasteiger partial charge < -0.3 is 6.15 Å². The summed E-state index contributed by atoms with van der Waals surface area (Å²) in [6.07, 6.45) is 0. The molecule has 1 heteroatoms. The molecule has 0 unspecified atom stereocenters. The van der Waals surface area contributed by atoms with Crippen molar-refractivity contribution in [1.29, 1.82) is 0 Å². The average molecular weight is 143 g/mol. The van der Waals surface area contributed by atoms with Crippen LogP contribution in [-0.2, 0) is 0 Å². The number of benzene rings is 5. The maximum Gasteiger partial charge on any atom is -0.0177 e. The Morgan fingerprint density at radius 1 is 0.545 bits per heavy atom.